The first-order valence-electron chi connectivity index (χ1n) is 13.7. The molecule has 4 aromatic carbocycles. The van der Waals surface area contributed by atoms with E-state index in [1.165, 1.54) is 30.1 Å². The average molecular weight is 620 g/mol. The summed E-state index contributed by atoms with van der Waals surface area (Å²) in [5, 5.41) is 3.04. The molecule has 0 aliphatic rings. The van der Waals surface area contributed by atoms with Gasteiger partial charge in [0, 0.05) is 25.0 Å². The van der Waals surface area contributed by atoms with Crippen molar-refractivity contribution in [3.05, 3.63) is 125 Å². The lowest BCUT2D eigenvalue weighted by molar-refractivity contribution is -0.139. The van der Waals surface area contributed by atoms with Crippen molar-refractivity contribution in [2.45, 2.75) is 30.8 Å². The van der Waals surface area contributed by atoms with Gasteiger partial charge in [0.05, 0.1) is 17.7 Å². The summed E-state index contributed by atoms with van der Waals surface area (Å²) < 4.78 is 34.4. The molecule has 4 rings (SSSR count). The number of amides is 2. The van der Waals surface area contributed by atoms with Crippen LogP contribution in [0, 0.1) is 6.92 Å². The Hall–Kier alpha value is -4.34. The molecule has 10 heteroatoms. The number of halogens is 1. The number of hydrogen-bond acceptors (Lipinski definition) is 5. The lowest BCUT2D eigenvalue weighted by Crippen LogP contribution is -2.53. The molecule has 43 heavy (non-hydrogen) atoms. The Morgan fingerprint density at radius 1 is 0.884 bits per heavy atom. The first-order chi connectivity index (χ1) is 20.6. The summed E-state index contributed by atoms with van der Waals surface area (Å²) in [6.07, 6.45) is 0.220. The fraction of sp³-hybridized carbons (Fsp3) is 0.212. The van der Waals surface area contributed by atoms with Crippen molar-refractivity contribution in [2.24, 2.45) is 0 Å². The Morgan fingerprint density at radius 2 is 1.53 bits per heavy atom. The zero-order valence-electron chi connectivity index (χ0n) is 24.2. The molecule has 0 saturated heterocycles. The van der Waals surface area contributed by atoms with E-state index in [2.05, 4.69) is 5.32 Å². The highest BCUT2D eigenvalue weighted by Gasteiger charge is 2.34. The van der Waals surface area contributed by atoms with Crippen LogP contribution in [0.4, 0.5) is 5.69 Å². The van der Waals surface area contributed by atoms with Crippen LogP contribution in [-0.2, 0) is 32.6 Å². The number of methoxy groups -OCH3 is 1. The van der Waals surface area contributed by atoms with Gasteiger partial charge in [-0.3, -0.25) is 13.9 Å². The highest BCUT2D eigenvalue weighted by molar-refractivity contribution is 7.92. The maximum absolute atomic E-state index is 14.3. The topological polar surface area (TPSA) is 96.0 Å². The zero-order valence-corrected chi connectivity index (χ0v) is 25.8. The summed E-state index contributed by atoms with van der Waals surface area (Å²) in [6.45, 7) is 1.28. The number of benzene rings is 4. The molecule has 0 radical (unpaired) electrons. The number of carbonyl (C=O) groups is 2. The molecular formula is C33H34ClN3O5S. The van der Waals surface area contributed by atoms with Crippen LogP contribution in [-0.4, -0.2) is 51.9 Å². The second-order valence-electron chi connectivity index (χ2n) is 9.95. The van der Waals surface area contributed by atoms with Gasteiger partial charge in [0.2, 0.25) is 11.8 Å². The van der Waals surface area contributed by atoms with Crippen LogP contribution in [0.5, 0.6) is 5.75 Å². The van der Waals surface area contributed by atoms with Crippen LogP contribution in [0.2, 0.25) is 5.02 Å². The molecule has 0 aliphatic heterocycles. The summed E-state index contributed by atoms with van der Waals surface area (Å²) in [6, 6.07) is 28.3. The second kappa shape index (κ2) is 14.2. The fourth-order valence-electron chi connectivity index (χ4n) is 4.67. The van der Waals surface area contributed by atoms with Crippen molar-refractivity contribution in [1.82, 2.24) is 10.2 Å². The van der Waals surface area contributed by atoms with Gasteiger partial charge in [-0.2, -0.15) is 0 Å². The minimum Gasteiger partial charge on any atom is -0.497 e. The van der Waals surface area contributed by atoms with Gasteiger partial charge in [0.25, 0.3) is 10.0 Å². The van der Waals surface area contributed by atoms with E-state index in [9.17, 15) is 18.0 Å². The molecule has 0 spiro atoms. The molecule has 0 fully saturated rings. The van der Waals surface area contributed by atoms with E-state index in [0.29, 0.717) is 16.3 Å². The Bertz CT molecular complexity index is 1670. The monoisotopic (exact) mass is 619 g/mol. The summed E-state index contributed by atoms with van der Waals surface area (Å²) in [7, 11) is -1.15. The number of rotatable bonds is 12. The van der Waals surface area contributed by atoms with Gasteiger partial charge in [0.15, 0.2) is 0 Å². The van der Waals surface area contributed by atoms with E-state index in [1.807, 2.05) is 36.4 Å². The third-order valence-electron chi connectivity index (χ3n) is 7.06. The number of aryl methyl sites for hydroxylation is 1. The molecule has 4 aromatic rings. The van der Waals surface area contributed by atoms with Gasteiger partial charge in [-0.05, 0) is 60.0 Å². The first-order valence-corrected chi connectivity index (χ1v) is 15.5. The zero-order chi connectivity index (χ0) is 31.0. The van der Waals surface area contributed by atoms with Gasteiger partial charge in [-0.1, -0.05) is 78.3 Å². The van der Waals surface area contributed by atoms with Gasteiger partial charge < -0.3 is 15.0 Å². The Morgan fingerprint density at radius 3 is 2.16 bits per heavy atom. The normalized spacial score (nSPS) is 11.8. The highest BCUT2D eigenvalue weighted by atomic mass is 35.5. The Labute approximate surface area is 257 Å². The minimum absolute atomic E-state index is 0.0194. The van der Waals surface area contributed by atoms with Crippen LogP contribution < -0.4 is 14.4 Å². The van der Waals surface area contributed by atoms with E-state index >= 15 is 0 Å². The van der Waals surface area contributed by atoms with Gasteiger partial charge in [-0.15, -0.1) is 0 Å². The van der Waals surface area contributed by atoms with Crippen LogP contribution in [0.25, 0.3) is 0 Å². The average Bonchev–Trinajstić information content (AvgIpc) is 3.03. The third-order valence-corrected chi connectivity index (χ3v) is 9.25. The van der Waals surface area contributed by atoms with Crippen molar-refractivity contribution in [2.75, 3.05) is 25.0 Å². The standard InChI is InChI=1S/C33H34ClN3O5S/c1-24-17-18-27(21-30(24)34)37(43(40,41)29-15-8-5-9-16-29)23-32(38)36(22-26-13-10-14-28(19-26)42-3)31(33(39)35-2)20-25-11-6-4-7-12-25/h4-19,21,31H,20,22-23H2,1-3H3,(H,35,39)/t31-/m1/s1. The SMILES string of the molecule is CNC(=O)[C@@H](Cc1ccccc1)N(Cc1cccc(OC)c1)C(=O)CN(c1ccc(C)c(Cl)c1)S(=O)(=O)c1ccccc1. The summed E-state index contributed by atoms with van der Waals surface area (Å²) in [4.78, 5) is 29.1. The molecule has 2 amide bonds. The number of nitrogens with zero attached hydrogens (tertiary/aromatic N) is 2. The summed E-state index contributed by atoms with van der Waals surface area (Å²) >= 11 is 6.41. The molecule has 224 valence electrons. The van der Waals surface area contributed by atoms with E-state index in [4.69, 9.17) is 16.3 Å². The number of hydrogen-bond donors (Lipinski definition) is 1. The van der Waals surface area contributed by atoms with Gasteiger partial charge in [-0.25, -0.2) is 8.42 Å². The van der Waals surface area contributed by atoms with Crippen molar-refractivity contribution < 1.29 is 22.7 Å². The molecule has 0 unspecified atom stereocenters. The lowest BCUT2D eigenvalue weighted by atomic mass is 10.0. The molecule has 1 atom stereocenters. The molecule has 0 saturated carbocycles. The number of sulfonamides is 1. The van der Waals surface area contributed by atoms with E-state index in [1.54, 1.807) is 62.6 Å². The Balaban J connectivity index is 1.80. The van der Waals surface area contributed by atoms with Crippen molar-refractivity contribution in [3.8, 4) is 5.75 Å². The molecule has 0 aliphatic carbocycles. The maximum Gasteiger partial charge on any atom is 0.264 e. The quantitative estimate of drug-likeness (QED) is 0.234. The predicted octanol–water partition coefficient (Wildman–Crippen LogP) is 5.24. The number of nitrogens with one attached hydrogen (secondary N) is 1. The van der Waals surface area contributed by atoms with Crippen LogP contribution in [0.3, 0.4) is 0 Å². The van der Waals surface area contributed by atoms with Crippen LogP contribution in [0.15, 0.2) is 108 Å². The van der Waals surface area contributed by atoms with Crippen LogP contribution in [0.1, 0.15) is 16.7 Å². The smallest absolute Gasteiger partial charge is 0.264 e. The number of anilines is 1. The molecule has 0 bridgehead atoms. The number of likely N-dealkylation sites (N-methyl/N-ethyl adjacent to an activating group) is 1. The Kier molecular flexibility index (Phi) is 10.4. The summed E-state index contributed by atoms with van der Waals surface area (Å²) in [5.41, 5.74) is 2.55. The molecular weight excluding hydrogens is 586 g/mol. The fourth-order valence-corrected chi connectivity index (χ4v) is 6.28. The first kappa shape index (κ1) is 31.6. The van der Waals surface area contributed by atoms with Crippen molar-refractivity contribution in [1.29, 1.82) is 0 Å². The van der Waals surface area contributed by atoms with Crippen molar-refractivity contribution >= 4 is 39.1 Å². The number of carbonyl (C=O) groups excluding carboxylic acids is 2. The predicted molar refractivity (Wildman–Crippen MR) is 169 cm³/mol. The molecule has 0 heterocycles. The maximum atomic E-state index is 14.3. The molecule has 1 N–H and O–H groups in total. The minimum atomic E-state index is -4.20. The highest BCUT2D eigenvalue weighted by Crippen LogP contribution is 2.29. The largest absolute Gasteiger partial charge is 0.497 e. The second-order valence-corrected chi connectivity index (χ2v) is 12.2. The lowest BCUT2D eigenvalue weighted by Gasteiger charge is -2.33. The molecule has 0 aromatic heterocycles. The number of ether oxygens (including phenoxy) is 1. The van der Waals surface area contributed by atoms with Crippen molar-refractivity contribution in [3.63, 3.8) is 0 Å². The van der Waals surface area contributed by atoms with Crippen LogP contribution >= 0.6 is 11.6 Å². The summed E-state index contributed by atoms with van der Waals surface area (Å²) in [5.74, 6) is -0.355. The van der Waals surface area contributed by atoms with Gasteiger partial charge in [0.1, 0.15) is 18.3 Å². The van der Waals surface area contributed by atoms with Gasteiger partial charge >= 0.3 is 0 Å². The molecule has 8 nitrogen and oxygen atoms in total. The van der Waals surface area contributed by atoms with E-state index < -0.39 is 28.5 Å². The van der Waals surface area contributed by atoms with E-state index in [0.717, 1.165) is 15.4 Å². The third kappa shape index (κ3) is 7.74. The van der Waals surface area contributed by atoms with E-state index in [-0.39, 0.29) is 29.5 Å².